The molecule has 0 aliphatic carbocycles. The quantitative estimate of drug-likeness (QED) is 0.460. The zero-order chi connectivity index (χ0) is 15.1. The van der Waals surface area contributed by atoms with Crippen molar-refractivity contribution >= 4 is 27.6 Å². The molecule has 0 aliphatic heterocycles. The Morgan fingerprint density at radius 1 is 1.55 bits per heavy atom. The summed E-state index contributed by atoms with van der Waals surface area (Å²) < 4.78 is 10.7. The highest BCUT2D eigenvalue weighted by Crippen LogP contribution is 2.34. The number of nitrogens with one attached hydrogen (secondary N) is 1. The molecule has 8 heteroatoms. The summed E-state index contributed by atoms with van der Waals surface area (Å²) in [6.45, 7) is 1.88. The number of nitro groups is 1. The Hall–Kier alpha value is -1.67. The van der Waals surface area contributed by atoms with E-state index in [1.807, 2.05) is 0 Å². The van der Waals surface area contributed by atoms with Crippen molar-refractivity contribution < 1.29 is 19.2 Å². The highest BCUT2D eigenvalue weighted by molar-refractivity contribution is 9.10. The van der Waals surface area contributed by atoms with Gasteiger partial charge in [0.1, 0.15) is 12.6 Å². The Morgan fingerprint density at radius 3 is 2.80 bits per heavy atom. The minimum absolute atomic E-state index is 0.0706. The number of halogens is 1. The number of likely N-dealkylation sites (N-methyl/N-ethyl adjacent to an activating group) is 1. The third-order valence-electron chi connectivity index (χ3n) is 2.46. The Balaban J connectivity index is 2.83. The number of esters is 1. The summed E-state index contributed by atoms with van der Waals surface area (Å²) in [5, 5.41) is 13.7. The summed E-state index contributed by atoms with van der Waals surface area (Å²) >= 11 is 3.19. The van der Waals surface area contributed by atoms with Crippen LogP contribution in [0.15, 0.2) is 22.7 Å². The van der Waals surface area contributed by atoms with Crippen molar-refractivity contribution in [2.24, 2.45) is 0 Å². The summed E-state index contributed by atoms with van der Waals surface area (Å²) in [7, 11) is 1.58. The summed E-state index contributed by atoms with van der Waals surface area (Å²) in [6, 6.07) is 3.80. The Kier molecular flexibility index (Phi) is 6.40. The van der Waals surface area contributed by atoms with Crippen molar-refractivity contribution in [2.75, 3.05) is 20.3 Å². The van der Waals surface area contributed by atoms with Gasteiger partial charge in [-0.2, -0.15) is 0 Å². The van der Waals surface area contributed by atoms with Crippen LogP contribution in [0.4, 0.5) is 5.69 Å². The Bertz CT molecular complexity index is 495. The van der Waals surface area contributed by atoms with Gasteiger partial charge in [0.15, 0.2) is 0 Å². The SMILES string of the molecule is CCOC(=O)C(COc1c(Br)cccc1[N+](=O)[O-])NC. The van der Waals surface area contributed by atoms with Gasteiger partial charge in [0.25, 0.3) is 0 Å². The van der Waals surface area contributed by atoms with Crippen LogP contribution >= 0.6 is 15.9 Å². The number of benzene rings is 1. The highest BCUT2D eigenvalue weighted by atomic mass is 79.9. The maximum atomic E-state index is 11.6. The topological polar surface area (TPSA) is 90.7 Å². The number of nitrogens with zero attached hydrogens (tertiary/aromatic N) is 1. The first-order chi connectivity index (χ1) is 9.51. The molecule has 7 nitrogen and oxygen atoms in total. The van der Waals surface area contributed by atoms with E-state index in [1.165, 1.54) is 12.1 Å². The first-order valence-corrected chi connectivity index (χ1v) is 6.70. The first kappa shape index (κ1) is 16.4. The Morgan fingerprint density at radius 2 is 2.25 bits per heavy atom. The van der Waals surface area contributed by atoms with Crippen molar-refractivity contribution in [1.82, 2.24) is 5.32 Å². The maximum Gasteiger partial charge on any atom is 0.326 e. The number of para-hydroxylation sites is 1. The zero-order valence-corrected chi connectivity index (χ0v) is 12.7. The summed E-state index contributed by atoms with van der Waals surface area (Å²) in [5.74, 6) is -0.383. The smallest absolute Gasteiger partial charge is 0.326 e. The number of rotatable bonds is 7. The minimum atomic E-state index is -0.693. The standard InChI is InChI=1S/C12H15BrN2O5/c1-3-19-12(16)9(14-2)7-20-11-8(13)5-4-6-10(11)15(17)18/h4-6,9,14H,3,7H2,1-2H3. The molecule has 1 aromatic rings. The van der Waals surface area contributed by atoms with Gasteiger partial charge >= 0.3 is 11.7 Å². The summed E-state index contributed by atoms with van der Waals surface area (Å²) in [4.78, 5) is 22.0. The molecular formula is C12H15BrN2O5. The average Bonchev–Trinajstić information content (AvgIpc) is 2.40. The molecule has 0 aromatic heterocycles. The molecule has 0 saturated heterocycles. The van der Waals surface area contributed by atoms with Gasteiger partial charge in [-0.05, 0) is 36.0 Å². The summed E-state index contributed by atoms with van der Waals surface area (Å²) in [5.41, 5.74) is -0.168. The maximum absolute atomic E-state index is 11.6. The number of carbonyl (C=O) groups is 1. The molecule has 20 heavy (non-hydrogen) atoms. The largest absolute Gasteiger partial charge is 0.484 e. The Labute approximate surface area is 124 Å². The summed E-state index contributed by atoms with van der Waals surface area (Å²) in [6.07, 6.45) is 0. The monoisotopic (exact) mass is 346 g/mol. The molecule has 0 spiro atoms. The van der Waals surface area contributed by atoms with Crippen LogP contribution in [0.5, 0.6) is 5.75 Å². The second kappa shape index (κ2) is 7.81. The molecule has 0 fully saturated rings. The molecule has 110 valence electrons. The lowest BCUT2D eigenvalue weighted by molar-refractivity contribution is -0.386. The van der Waals surface area contributed by atoms with Gasteiger partial charge in [-0.25, -0.2) is 0 Å². The molecule has 0 saturated carbocycles. The van der Waals surface area contributed by atoms with Crippen LogP contribution < -0.4 is 10.1 Å². The third-order valence-corrected chi connectivity index (χ3v) is 3.08. The van der Waals surface area contributed by atoms with Crippen LogP contribution in [-0.2, 0) is 9.53 Å². The molecule has 1 rings (SSSR count). The molecular weight excluding hydrogens is 332 g/mol. The van der Waals surface area contributed by atoms with Gasteiger partial charge in [0.2, 0.25) is 5.75 Å². The van der Waals surface area contributed by atoms with E-state index in [4.69, 9.17) is 9.47 Å². The minimum Gasteiger partial charge on any atom is -0.484 e. The second-order valence-corrected chi connectivity index (χ2v) is 4.60. The van der Waals surface area contributed by atoms with E-state index in [2.05, 4.69) is 21.2 Å². The number of carbonyl (C=O) groups excluding carboxylic acids is 1. The van der Waals surface area contributed by atoms with E-state index in [9.17, 15) is 14.9 Å². The van der Waals surface area contributed by atoms with Crippen LogP contribution in [0.25, 0.3) is 0 Å². The van der Waals surface area contributed by atoms with Crippen LogP contribution in [0.2, 0.25) is 0 Å². The fourth-order valence-electron chi connectivity index (χ4n) is 1.46. The van der Waals surface area contributed by atoms with Crippen LogP contribution in [-0.4, -0.2) is 37.2 Å². The normalized spacial score (nSPS) is 11.8. The van der Waals surface area contributed by atoms with Gasteiger partial charge in [-0.1, -0.05) is 6.07 Å². The lowest BCUT2D eigenvalue weighted by atomic mass is 10.3. The third kappa shape index (κ3) is 4.17. The van der Waals surface area contributed by atoms with E-state index in [1.54, 1.807) is 20.0 Å². The molecule has 0 aliphatic rings. The van der Waals surface area contributed by atoms with E-state index in [0.29, 0.717) is 4.47 Å². The van der Waals surface area contributed by atoms with E-state index < -0.39 is 16.9 Å². The molecule has 1 atom stereocenters. The molecule has 1 unspecified atom stereocenters. The highest BCUT2D eigenvalue weighted by Gasteiger charge is 2.23. The molecule has 0 bridgehead atoms. The van der Waals surface area contributed by atoms with Crippen molar-refractivity contribution in [2.45, 2.75) is 13.0 Å². The zero-order valence-electron chi connectivity index (χ0n) is 11.1. The van der Waals surface area contributed by atoms with Crippen LogP contribution in [0, 0.1) is 10.1 Å². The molecule has 0 amide bonds. The van der Waals surface area contributed by atoms with Crippen molar-refractivity contribution in [1.29, 1.82) is 0 Å². The van der Waals surface area contributed by atoms with E-state index in [0.717, 1.165) is 0 Å². The van der Waals surface area contributed by atoms with Gasteiger partial charge in [-0.3, -0.25) is 14.9 Å². The average molecular weight is 347 g/mol. The van der Waals surface area contributed by atoms with Crippen molar-refractivity contribution in [3.8, 4) is 5.75 Å². The lowest BCUT2D eigenvalue weighted by Crippen LogP contribution is -2.40. The molecule has 1 N–H and O–H groups in total. The number of hydrogen-bond acceptors (Lipinski definition) is 6. The molecule has 0 radical (unpaired) electrons. The van der Waals surface area contributed by atoms with E-state index in [-0.39, 0.29) is 24.7 Å². The number of ether oxygens (including phenoxy) is 2. The van der Waals surface area contributed by atoms with Crippen LogP contribution in [0.3, 0.4) is 0 Å². The van der Waals surface area contributed by atoms with Gasteiger partial charge in [-0.15, -0.1) is 0 Å². The van der Waals surface area contributed by atoms with Crippen molar-refractivity contribution in [3.63, 3.8) is 0 Å². The van der Waals surface area contributed by atoms with Gasteiger partial charge in [0.05, 0.1) is 16.0 Å². The molecule has 0 heterocycles. The fourth-order valence-corrected chi connectivity index (χ4v) is 1.93. The second-order valence-electron chi connectivity index (χ2n) is 3.75. The van der Waals surface area contributed by atoms with E-state index >= 15 is 0 Å². The van der Waals surface area contributed by atoms with Crippen molar-refractivity contribution in [3.05, 3.63) is 32.8 Å². The molecule has 1 aromatic carbocycles. The van der Waals surface area contributed by atoms with Crippen LogP contribution in [0.1, 0.15) is 6.92 Å². The first-order valence-electron chi connectivity index (χ1n) is 5.90. The number of nitro benzene ring substituents is 1. The number of hydrogen-bond donors (Lipinski definition) is 1. The van der Waals surface area contributed by atoms with Gasteiger partial charge < -0.3 is 14.8 Å². The predicted octanol–water partition coefficient (Wildman–Crippen LogP) is 1.89. The predicted molar refractivity (Wildman–Crippen MR) is 75.8 cm³/mol. The lowest BCUT2D eigenvalue weighted by Gasteiger charge is -2.16. The van der Waals surface area contributed by atoms with Gasteiger partial charge in [0, 0.05) is 6.07 Å². The fraction of sp³-hybridized carbons (Fsp3) is 0.417.